The highest BCUT2D eigenvalue weighted by molar-refractivity contribution is 5.88. The molecule has 0 aliphatic carbocycles. The van der Waals surface area contributed by atoms with Gasteiger partial charge in [-0.25, -0.2) is 4.79 Å². The molecule has 1 atom stereocenters. The number of carbonyl (C=O) groups excluding carboxylic acids is 2. The minimum absolute atomic E-state index is 0.103. The molecule has 0 radical (unpaired) electrons. The van der Waals surface area contributed by atoms with E-state index in [0.29, 0.717) is 32.5 Å². The third-order valence-corrected chi connectivity index (χ3v) is 4.49. The summed E-state index contributed by atoms with van der Waals surface area (Å²) in [6, 6.07) is 7.19. The number of amides is 1. The van der Waals surface area contributed by atoms with Crippen molar-refractivity contribution in [2.45, 2.75) is 25.3 Å². The van der Waals surface area contributed by atoms with Crippen molar-refractivity contribution in [2.75, 3.05) is 20.3 Å². The number of hydrogen-bond acceptors (Lipinski definition) is 4. The van der Waals surface area contributed by atoms with Crippen molar-refractivity contribution in [2.24, 2.45) is 5.92 Å². The van der Waals surface area contributed by atoms with Crippen LogP contribution in [0.5, 0.6) is 0 Å². The van der Waals surface area contributed by atoms with Gasteiger partial charge in [-0.3, -0.25) is 4.79 Å². The van der Waals surface area contributed by atoms with Gasteiger partial charge in [-0.1, -0.05) is 18.2 Å². The average Bonchev–Trinajstić information content (AvgIpc) is 3.04. The molecule has 2 N–H and O–H groups in total. The highest BCUT2D eigenvalue weighted by atomic mass is 16.5. The van der Waals surface area contributed by atoms with Gasteiger partial charge in [0.2, 0.25) is 5.91 Å². The Morgan fingerprint density at radius 1 is 1.33 bits per heavy atom. The normalized spacial score (nSPS) is 16.7. The lowest BCUT2D eigenvalue weighted by Gasteiger charge is -2.24. The second-order valence-corrected chi connectivity index (χ2v) is 6.03. The third-order valence-electron chi connectivity index (χ3n) is 4.49. The second-order valence-electron chi connectivity index (χ2n) is 6.03. The van der Waals surface area contributed by atoms with Crippen molar-refractivity contribution in [1.29, 1.82) is 0 Å². The van der Waals surface area contributed by atoms with Gasteiger partial charge in [-0.2, -0.15) is 0 Å². The Morgan fingerprint density at radius 2 is 2.08 bits per heavy atom. The first-order chi connectivity index (χ1) is 11.7. The van der Waals surface area contributed by atoms with Crippen LogP contribution in [0, 0.1) is 5.92 Å². The molecular weight excluding hydrogens is 308 g/mol. The summed E-state index contributed by atoms with van der Waals surface area (Å²) in [5.41, 5.74) is 1.99. The van der Waals surface area contributed by atoms with E-state index in [4.69, 9.17) is 9.47 Å². The van der Waals surface area contributed by atoms with Gasteiger partial charge in [0.1, 0.15) is 6.04 Å². The first-order valence-corrected chi connectivity index (χ1v) is 8.20. The Hall–Kier alpha value is -2.34. The molecule has 1 aliphatic rings. The first kappa shape index (κ1) is 16.5. The van der Waals surface area contributed by atoms with Crippen molar-refractivity contribution >= 4 is 22.8 Å². The van der Waals surface area contributed by atoms with Crippen LogP contribution >= 0.6 is 0 Å². The van der Waals surface area contributed by atoms with Crippen LogP contribution in [0.1, 0.15) is 18.4 Å². The van der Waals surface area contributed by atoms with Gasteiger partial charge in [0.15, 0.2) is 0 Å². The topological polar surface area (TPSA) is 80.4 Å². The standard InChI is InChI=1S/C18H22N2O4/c1-23-18(22)16(20-17(21)12-6-8-24-9-7-12)10-13-11-19-15-5-3-2-4-14(13)15/h2-5,11-12,16,19H,6-10H2,1H3,(H,20,21). The number of H-pyrrole nitrogens is 1. The zero-order valence-corrected chi connectivity index (χ0v) is 13.7. The van der Waals surface area contributed by atoms with E-state index < -0.39 is 12.0 Å². The van der Waals surface area contributed by atoms with E-state index >= 15 is 0 Å². The molecule has 2 heterocycles. The molecule has 1 aromatic carbocycles. The summed E-state index contributed by atoms with van der Waals surface area (Å²) in [6.07, 6.45) is 3.65. The Balaban J connectivity index is 1.74. The van der Waals surface area contributed by atoms with Crippen LogP contribution < -0.4 is 5.32 Å². The number of rotatable bonds is 5. The highest BCUT2D eigenvalue weighted by Gasteiger charge is 2.28. The number of nitrogens with one attached hydrogen (secondary N) is 2. The smallest absolute Gasteiger partial charge is 0.328 e. The van der Waals surface area contributed by atoms with E-state index in [1.54, 1.807) is 0 Å². The van der Waals surface area contributed by atoms with Gasteiger partial charge in [-0.05, 0) is 24.5 Å². The molecule has 0 spiro atoms. The lowest BCUT2D eigenvalue weighted by Crippen LogP contribution is -2.46. The van der Waals surface area contributed by atoms with E-state index in [0.717, 1.165) is 16.5 Å². The molecule has 2 aromatic rings. The first-order valence-electron chi connectivity index (χ1n) is 8.20. The molecule has 6 heteroatoms. The maximum atomic E-state index is 12.4. The van der Waals surface area contributed by atoms with Crippen LogP contribution in [0.4, 0.5) is 0 Å². The SMILES string of the molecule is COC(=O)C(Cc1c[nH]c2ccccc12)NC(=O)C1CCOCC1. The van der Waals surface area contributed by atoms with E-state index in [1.807, 2.05) is 30.5 Å². The number of ether oxygens (including phenoxy) is 2. The van der Waals surface area contributed by atoms with Crippen molar-refractivity contribution in [3.63, 3.8) is 0 Å². The second kappa shape index (κ2) is 7.49. The summed E-state index contributed by atoms with van der Waals surface area (Å²) in [5.74, 6) is -0.636. The van der Waals surface area contributed by atoms with Gasteiger partial charge in [0, 0.05) is 42.7 Å². The van der Waals surface area contributed by atoms with Gasteiger partial charge < -0.3 is 19.8 Å². The molecule has 1 fully saturated rings. The largest absolute Gasteiger partial charge is 0.467 e. The van der Waals surface area contributed by atoms with Crippen LogP contribution in [0.2, 0.25) is 0 Å². The molecular formula is C18H22N2O4. The molecule has 1 amide bonds. The van der Waals surface area contributed by atoms with Gasteiger partial charge >= 0.3 is 5.97 Å². The molecule has 1 saturated heterocycles. The summed E-state index contributed by atoms with van der Waals surface area (Å²) in [6.45, 7) is 1.17. The van der Waals surface area contributed by atoms with Crippen LogP contribution in [0.15, 0.2) is 30.5 Å². The van der Waals surface area contributed by atoms with Crippen LogP contribution in [-0.4, -0.2) is 43.2 Å². The number of methoxy groups -OCH3 is 1. The third kappa shape index (κ3) is 3.59. The lowest BCUT2D eigenvalue weighted by molar-refractivity contribution is -0.146. The Bertz CT molecular complexity index is 719. The molecule has 0 bridgehead atoms. The number of aromatic nitrogens is 1. The molecule has 1 aromatic heterocycles. The fourth-order valence-electron chi connectivity index (χ4n) is 3.11. The number of carbonyl (C=O) groups is 2. The van der Waals surface area contributed by atoms with Crippen molar-refractivity contribution < 1.29 is 19.1 Å². The van der Waals surface area contributed by atoms with Gasteiger partial charge in [-0.15, -0.1) is 0 Å². The predicted octanol–water partition coefficient (Wildman–Crippen LogP) is 1.79. The number of para-hydroxylation sites is 1. The number of esters is 1. The monoisotopic (exact) mass is 330 g/mol. The lowest BCUT2D eigenvalue weighted by atomic mass is 9.98. The minimum atomic E-state index is -0.690. The summed E-state index contributed by atoms with van der Waals surface area (Å²) < 4.78 is 10.2. The average molecular weight is 330 g/mol. The van der Waals surface area contributed by atoms with E-state index in [1.165, 1.54) is 7.11 Å². The fourth-order valence-corrected chi connectivity index (χ4v) is 3.11. The van der Waals surface area contributed by atoms with E-state index in [2.05, 4.69) is 10.3 Å². The molecule has 24 heavy (non-hydrogen) atoms. The Labute approximate surface area is 140 Å². The Morgan fingerprint density at radius 3 is 2.83 bits per heavy atom. The number of hydrogen-bond donors (Lipinski definition) is 2. The zero-order chi connectivity index (χ0) is 16.9. The number of fused-ring (bicyclic) bond motifs is 1. The van der Waals surface area contributed by atoms with Crippen LogP contribution in [0.25, 0.3) is 10.9 Å². The maximum absolute atomic E-state index is 12.4. The zero-order valence-electron chi connectivity index (χ0n) is 13.7. The van der Waals surface area contributed by atoms with Gasteiger partial charge in [0.05, 0.1) is 7.11 Å². The van der Waals surface area contributed by atoms with E-state index in [9.17, 15) is 9.59 Å². The summed E-state index contributed by atoms with van der Waals surface area (Å²) >= 11 is 0. The van der Waals surface area contributed by atoms with Crippen molar-refractivity contribution in [3.05, 3.63) is 36.0 Å². The predicted molar refractivity (Wildman–Crippen MR) is 89.5 cm³/mol. The molecule has 3 rings (SSSR count). The molecule has 1 aliphatic heterocycles. The minimum Gasteiger partial charge on any atom is -0.467 e. The fraction of sp³-hybridized carbons (Fsp3) is 0.444. The van der Waals surface area contributed by atoms with Crippen molar-refractivity contribution in [1.82, 2.24) is 10.3 Å². The molecule has 6 nitrogen and oxygen atoms in total. The van der Waals surface area contributed by atoms with Crippen LogP contribution in [-0.2, 0) is 25.5 Å². The van der Waals surface area contributed by atoms with Crippen LogP contribution in [0.3, 0.4) is 0 Å². The molecule has 0 saturated carbocycles. The van der Waals surface area contributed by atoms with Gasteiger partial charge in [0.25, 0.3) is 0 Å². The number of benzene rings is 1. The maximum Gasteiger partial charge on any atom is 0.328 e. The summed E-state index contributed by atoms with van der Waals surface area (Å²) in [5, 5.41) is 3.91. The number of aromatic amines is 1. The Kier molecular flexibility index (Phi) is 5.15. The molecule has 1 unspecified atom stereocenters. The van der Waals surface area contributed by atoms with Crippen molar-refractivity contribution in [3.8, 4) is 0 Å². The van der Waals surface area contributed by atoms with E-state index in [-0.39, 0.29) is 11.8 Å². The summed E-state index contributed by atoms with van der Waals surface area (Å²) in [7, 11) is 1.34. The highest BCUT2D eigenvalue weighted by Crippen LogP contribution is 2.20. The molecule has 128 valence electrons. The summed E-state index contributed by atoms with van der Waals surface area (Å²) in [4.78, 5) is 27.7. The quantitative estimate of drug-likeness (QED) is 0.819.